The number of nitrogen functional groups attached to an aromatic ring is 2. The zero-order valence-corrected chi connectivity index (χ0v) is 23.4. The maximum atomic E-state index is 15.8. The summed E-state index contributed by atoms with van der Waals surface area (Å²) in [4.78, 5) is 45.4. The van der Waals surface area contributed by atoms with Gasteiger partial charge in [-0.1, -0.05) is 0 Å². The summed E-state index contributed by atoms with van der Waals surface area (Å²) in [5.41, 5.74) is 12.5. The number of anilines is 2. The van der Waals surface area contributed by atoms with Gasteiger partial charge >= 0.3 is 15.6 Å². The highest BCUT2D eigenvalue weighted by atomic mass is 31.2. The Morgan fingerprint density at radius 3 is 2.00 bits per heavy atom. The van der Waals surface area contributed by atoms with E-state index in [0.717, 1.165) is 6.33 Å². The van der Waals surface area contributed by atoms with Gasteiger partial charge in [0.1, 0.15) is 48.1 Å². The highest BCUT2D eigenvalue weighted by Crippen LogP contribution is 2.54. The van der Waals surface area contributed by atoms with Crippen LogP contribution in [0.3, 0.4) is 0 Å². The number of ether oxygens (including phenoxy) is 2. The molecule has 4 aromatic heterocycles. The second-order valence-corrected chi connectivity index (χ2v) is 12.6. The summed E-state index contributed by atoms with van der Waals surface area (Å²) < 4.78 is 77.2. The van der Waals surface area contributed by atoms with Crippen LogP contribution >= 0.6 is 15.6 Å². The number of hydrogen-bond donors (Lipinski definition) is 4. The van der Waals surface area contributed by atoms with E-state index in [1.807, 2.05) is 0 Å². The molecule has 0 aliphatic carbocycles. The lowest BCUT2D eigenvalue weighted by Gasteiger charge is -2.29. The fourth-order valence-corrected chi connectivity index (χ4v) is 7.17. The number of imidazole rings is 2. The van der Waals surface area contributed by atoms with Crippen LogP contribution in [0.4, 0.5) is 16.0 Å². The number of phosphoric ester groups is 2. The minimum atomic E-state index is -4.98. The molecule has 20 nitrogen and oxygen atoms in total. The Morgan fingerprint density at radius 2 is 1.35 bits per heavy atom. The number of aromatic nitrogens is 8. The van der Waals surface area contributed by atoms with Crippen LogP contribution in [0.5, 0.6) is 0 Å². The van der Waals surface area contributed by atoms with E-state index < -0.39 is 71.7 Å². The summed E-state index contributed by atoms with van der Waals surface area (Å²) in [7, 11) is -9.90. The van der Waals surface area contributed by atoms with E-state index >= 15 is 4.39 Å². The van der Waals surface area contributed by atoms with Crippen LogP contribution in [-0.4, -0.2) is 99.2 Å². The van der Waals surface area contributed by atoms with Crippen molar-refractivity contribution >= 4 is 49.6 Å². The molecule has 3 saturated heterocycles. The van der Waals surface area contributed by atoms with E-state index in [1.165, 1.54) is 28.1 Å². The monoisotopic (exact) mass is 644 g/mol. The molecule has 4 aromatic rings. The standard InChI is InChI=1S/C20H23FN10O10P2/c21-11-15-10(39-20(11)31-7-29-13-17(23)25-5-27-19(13)31)3-38-42(32,33)40-14-8(1-36-9(14)2-37-43(34,35)41-15)30-6-28-12-16(22)24-4-26-18(12)30/h4-11,14-15,20H,1-3H2,(H,32,33)(H,34,35)(H2,22,24,26)(H2,23,25,27)/t8-,9-,10-,11-,14+,15-,20-/m1/s1. The lowest BCUT2D eigenvalue weighted by molar-refractivity contribution is -0.0584. The van der Waals surface area contributed by atoms with E-state index in [2.05, 4.69) is 29.9 Å². The predicted octanol–water partition coefficient (Wildman–Crippen LogP) is 0.0240. The zero-order valence-electron chi connectivity index (χ0n) is 21.6. The Kier molecular flexibility index (Phi) is 6.93. The van der Waals surface area contributed by atoms with Crippen LogP contribution in [-0.2, 0) is 36.7 Å². The van der Waals surface area contributed by atoms with Crippen LogP contribution in [0, 0.1) is 0 Å². The number of nitrogens with zero attached hydrogens (tertiary/aromatic N) is 8. The fraction of sp³-hybridized carbons (Fsp3) is 0.500. The van der Waals surface area contributed by atoms with Crippen molar-refractivity contribution in [3.8, 4) is 0 Å². The van der Waals surface area contributed by atoms with Gasteiger partial charge < -0.3 is 35.3 Å². The molecule has 23 heteroatoms. The van der Waals surface area contributed by atoms with Gasteiger partial charge in [0.05, 0.1) is 38.5 Å². The SMILES string of the molecule is Nc1ncnc2c1ncn2[C@@H]1CO[C@@H]2COP(=O)(O)O[C@H]3[C@@H](F)[C@H](n4cnc5c(N)ncnc54)O[C@@H]3COP(=O)(O)O[C@@H]12. The van der Waals surface area contributed by atoms with Gasteiger partial charge in [-0.2, -0.15) is 0 Å². The Bertz CT molecular complexity index is 1790. The highest BCUT2D eigenvalue weighted by Gasteiger charge is 2.53. The minimum absolute atomic E-state index is 0.0283. The number of phosphoric acid groups is 2. The van der Waals surface area contributed by atoms with Gasteiger partial charge in [0.25, 0.3) is 0 Å². The molecule has 0 aromatic carbocycles. The molecule has 0 amide bonds. The Labute approximate surface area is 239 Å². The van der Waals surface area contributed by atoms with Crippen molar-refractivity contribution < 1.29 is 50.9 Å². The third-order valence-corrected chi connectivity index (χ3v) is 9.18. The van der Waals surface area contributed by atoms with Gasteiger partial charge in [-0.15, -0.1) is 0 Å². The summed E-state index contributed by atoms with van der Waals surface area (Å²) in [6.07, 6.45) is -4.49. The van der Waals surface area contributed by atoms with Crippen molar-refractivity contribution in [1.82, 2.24) is 39.0 Å². The summed E-state index contributed by atoms with van der Waals surface area (Å²) >= 11 is 0. The van der Waals surface area contributed by atoms with E-state index in [9.17, 15) is 18.9 Å². The summed E-state index contributed by atoms with van der Waals surface area (Å²) in [6.45, 7) is -1.56. The van der Waals surface area contributed by atoms with Gasteiger partial charge in [0.2, 0.25) is 0 Å². The maximum absolute atomic E-state index is 15.8. The second-order valence-electron chi connectivity index (χ2n) is 9.78. The molecule has 0 radical (unpaired) electrons. The van der Waals surface area contributed by atoms with Crippen molar-refractivity contribution in [2.45, 2.75) is 42.9 Å². The smallest absolute Gasteiger partial charge is 0.382 e. The molecule has 0 saturated carbocycles. The van der Waals surface area contributed by atoms with Crippen LogP contribution in [0.2, 0.25) is 0 Å². The van der Waals surface area contributed by atoms with Crippen molar-refractivity contribution in [2.75, 3.05) is 31.3 Å². The van der Waals surface area contributed by atoms with Gasteiger partial charge in [-0.25, -0.2) is 43.4 Å². The molecule has 0 spiro atoms. The molecule has 7 heterocycles. The first-order valence-corrected chi connectivity index (χ1v) is 15.6. The van der Waals surface area contributed by atoms with Gasteiger partial charge in [0.15, 0.2) is 35.3 Å². The van der Waals surface area contributed by atoms with Gasteiger partial charge in [-0.05, 0) is 0 Å². The number of halogens is 1. The number of fused-ring (bicyclic) bond motifs is 4. The average molecular weight is 644 g/mol. The van der Waals surface area contributed by atoms with Gasteiger partial charge in [-0.3, -0.25) is 22.7 Å². The maximum Gasteiger partial charge on any atom is 0.472 e. The highest BCUT2D eigenvalue weighted by molar-refractivity contribution is 7.47. The molecule has 3 aliphatic heterocycles. The normalized spacial score (nSPS) is 37.1. The first-order valence-electron chi connectivity index (χ1n) is 12.6. The lowest BCUT2D eigenvalue weighted by Crippen LogP contribution is -2.37. The van der Waals surface area contributed by atoms with Crippen LogP contribution in [0.1, 0.15) is 12.3 Å². The average Bonchev–Trinajstić information content (AvgIpc) is 3.72. The molecule has 6 N–H and O–H groups in total. The third kappa shape index (κ3) is 5.06. The fourth-order valence-electron chi connectivity index (χ4n) is 5.23. The molecular weight excluding hydrogens is 621 g/mol. The first kappa shape index (κ1) is 28.5. The van der Waals surface area contributed by atoms with Crippen molar-refractivity contribution in [3.63, 3.8) is 0 Å². The van der Waals surface area contributed by atoms with E-state index in [4.69, 9.17) is 39.0 Å². The van der Waals surface area contributed by atoms with E-state index in [-0.39, 0.29) is 40.6 Å². The largest absolute Gasteiger partial charge is 0.472 e. The van der Waals surface area contributed by atoms with Crippen molar-refractivity contribution in [2.24, 2.45) is 0 Å². The molecular formula is C20H23FN10O10P2. The van der Waals surface area contributed by atoms with E-state index in [0.29, 0.717) is 0 Å². The van der Waals surface area contributed by atoms with Crippen LogP contribution in [0.25, 0.3) is 22.3 Å². The molecule has 9 atom stereocenters. The number of alkyl halides is 1. The quantitative estimate of drug-likeness (QED) is 0.209. The lowest BCUT2D eigenvalue weighted by atomic mass is 10.1. The first-order chi connectivity index (χ1) is 20.5. The number of rotatable bonds is 2. The second kappa shape index (κ2) is 10.4. The Hall–Kier alpha value is -3.23. The van der Waals surface area contributed by atoms with Crippen molar-refractivity contribution in [3.05, 3.63) is 25.3 Å². The van der Waals surface area contributed by atoms with Crippen LogP contribution in [0.15, 0.2) is 25.3 Å². The Morgan fingerprint density at radius 1 is 0.791 bits per heavy atom. The van der Waals surface area contributed by atoms with Crippen molar-refractivity contribution in [1.29, 1.82) is 0 Å². The summed E-state index contributed by atoms with van der Waals surface area (Å²) in [6, 6.07) is -0.835. The molecule has 230 valence electrons. The van der Waals surface area contributed by atoms with Crippen LogP contribution < -0.4 is 11.5 Å². The molecule has 3 fully saturated rings. The summed E-state index contributed by atoms with van der Waals surface area (Å²) in [5.74, 6) is 0.132. The minimum Gasteiger partial charge on any atom is -0.382 e. The molecule has 0 bridgehead atoms. The molecule has 2 unspecified atom stereocenters. The Balaban J connectivity index is 1.18. The number of hydrogen-bond acceptors (Lipinski definition) is 16. The zero-order chi connectivity index (χ0) is 30.1. The predicted molar refractivity (Wildman–Crippen MR) is 138 cm³/mol. The summed E-state index contributed by atoms with van der Waals surface area (Å²) in [5, 5.41) is 0. The van der Waals surface area contributed by atoms with Gasteiger partial charge in [0, 0.05) is 0 Å². The van der Waals surface area contributed by atoms with E-state index in [1.54, 1.807) is 0 Å². The molecule has 43 heavy (non-hydrogen) atoms. The molecule has 7 rings (SSSR count). The number of nitrogens with two attached hydrogens (primary N) is 2. The third-order valence-electron chi connectivity index (χ3n) is 7.21. The topological polar surface area (TPSA) is 269 Å². The molecule has 3 aliphatic rings.